The third kappa shape index (κ3) is 5.43. The molecule has 1 aromatic carbocycles. The molecule has 1 aliphatic heterocycles. The van der Waals surface area contributed by atoms with E-state index in [0.717, 1.165) is 24.6 Å². The Morgan fingerprint density at radius 1 is 1.26 bits per heavy atom. The lowest BCUT2D eigenvalue weighted by atomic mass is 10.1. The smallest absolute Gasteiger partial charge is 0.242 e. The summed E-state index contributed by atoms with van der Waals surface area (Å²) in [5.74, 6) is 1.32. The molecule has 1 heterocycles. The van der Waals surface area contributed by atoms with E-state index in [0.29, 0.717) is 29.4 Å². The first kappa shape index (κ1) is 21.7. The molecule has 2 atom stereocenters. The topological polar surface area (TPSA) is 77.0 Å². The molecule has 27 heavy (non-hydrogen) atoms. The van der Waals surface area contributed by atoms with Gasteiger partial charge in [0.05, 0.1) is 4.90 Å². The van der Waals surface area contributed by atoms with E-state index < -0.39 is 10.0 Å². The predicted octanol–water partition coefficient (Wildman–Crippen LogP) is 1.33. The predicted molar refractivity (Wildman–Crippen MR) is 110 cm³/mol. The van der Waals surface area contributed by atoms with Gasteiger partial charge in [-0.05, 0) is 37.5 Å². The quantitative estimate of drug-likeness (QED) is 0.561. The van der Waals surface area contributed by atoms with E-state index in [2.05, 4.69) is 41.3 Å². The van der Waals surface area contributed by atoms with Crippen molar-refractivity contribution in [2.45, 2.75) is 44.3 Å². The molecule has 7 nitrogen and oxygen atoms in total. The van der Waals surface area contributed by atoms with Gasteiger partial charge in [-0.1, -0.05) is 19.1 Å². The third-order valence-electron chi connectivity index (χ3n) is 5.08. The van der Waals surface area contributed by atoms with Crippen LogP contribution < -0.4 is 10.6 Å². The summed E-state index contributed by atoms with van der Waals surface area (Å²) in [4.78, 5) is 7.09. The molecule has 2 rings (SSSR count). The van der Waals surface area contributed by atoms with Crippen molar-refractivity contribution in [2.24, 2.45) is 10.9 Å². The Hall–Kier alpha value is -1.64. The molecule has 0 spiro atoms. The minimum absolute atomic E-state index is 0.298. The third-order valence-corrected chi connectivity index (χ3v) is 6.91. The van der Waals surface area contributed by atoms with Gasteiger partial charge in [-0.2, -0.15) is 0 Å². The van der Waals surface area contributed by atoms with Crippen molar-refractivity contribution in [2.75, 3.05) is 34.2 Å². The number of guanidine groups is 1. The van der Waals surface area contributed by atoms with Crippen LogP contribution in [0.3, 0.4) is 0 Å². The summed E-state index contributed by atoms with van der Waals surface area (Å²) in [6.45, 7) is 9.39. The van der Waals surface area contributed by atoms with Crippen molar-refractivity contribution in [3.8, 4) is 0 Å². The van der Waals surface area contributed by atoms with Crippen LogP contribution in [0.5, 0.6) is 0 Å². The number of rotatable bonds is 6. The summed E-state index contributed by atoms with van der Waals surface area (Å²) < 4.78 is 25.5. The molecule has 0 bridgehead atoms. The first-order valence-electron chi connectivity index (χ1n) is 9.37. The van der Waals surface area contributed by atoms with Crippen LogP contribution in [-0.4, -0.2) is 69.9 Å². The Morgan fingerprint density at radius 2 is 1.89 bits per heavy atom. The van der Waals surface area contributed by atoms with Gasteiger partial charge < -0.3 is 10.6 Å². The fourth-order valence-corrected chi connectivity index (χ4v) is 4.06. The summed E-state index contributed by atoms with van der Waals surface area (Å²) in [6, 6.07) is 7.85. The van der Waals surface area contributed by atoms with Gasteiger partial charge >= 0.3 is 0 Å². The zero-order valence-corrected chi connectivity index (χ0v) is 18.0. The summed E-state index contributed by atoms with van der Waals surface area (Å²) in [5.41, 5.74) is 0.999. The van der Waals surface area contributed by atoms with Crippen molar-refractivity contribution in [3.05, 3.63) is 29.8 Å². The van der Waals surface area contributed by atoms with E-state index in [1.54, 1.807) is 19.2 Å². The lowest BCUT2D eigenvalue weighted by Crippen LogP contribution is -2.46. The van der Waals surface area contributed by atoms with Gasteiger partial charge in [-0.3, -0.25) is 9.89 Å². The zero-order chi connectivity index (χ0) is 20.2. The van der Waals surface area contributed by atoms with Crippen LogP contribution in [-0.2, 0) is 16.6 Å². The molecule has 0 saturated carbocycles. The van der Waals surface area contributed by atoms with Gasteiger partial charge in [0.25, 0.3) is 0 Å². The molecule has 0 amide bonds. The van der Waals surface area contributed by atoms with Gasteiger partial charge in [0, 0.05) is 52.9 Å². The van der Waals surface area contributed by atoms with Crippen molar-refractivity contribution in [1.29, 1.82) is 0 Å². The van der Waals surface area contributed by atoms with E-state index in [4.69, 9.17) is 0 Å². The normalized spacial score (nSPS) is 21.9. The summed E-state index contributed by atoms with van der Waals surface area (Å²) in [7, 11) is 1.44. The van der Waals surface area contributed by atoms with Gasteiger partial charge in [-0.15, -0.1) is 0 Å². The van der Waals surface area contributed by atoms with Crippen molar-refractivity contribution >= 4 is 16.0 Å². The maximum absolute atomic E-state index is 12.1. The van der Waals surface area contributed by atoms with E-state index in [-0.39, 0.29) is 0 Å². The number of nitrogens with one attached hydrogen (secondary N) is 2. The van der Waals surface area contributed by atoms with Gasteiger partial charge in [0.15, 0.2) is 5.96 Å². The van der Waals surface area contributed by atoms with E-state index in [1.165, 1.54) is 18.4 Å². The average molecular weight is 396 g/mol. The standard InChI is InChI=1S/C19H33N5O2S/c1-14(2)24-12-15(3)18(13-24)22-19(20-4)21-11-16-7-9-17(10-8-16)27(25,26)23(5)6/h7-10,14-15,18H,11-13H2,1-6H3,(H2,20,21,22). The Balaban J connectivity index is 1.93. The molecule has 152 valence electrons. The summed E-state index contributed by atoms with van der Waals surface area (Å²) in [6.07, 6.45) is 0. The summed E-state index contributed by atoms with van der Waals surface area (Å²) >= 11 is 0. The fraction of sp³-hybridized carbons (Fsp3) is 0.632. The maximum atomic E-state index is 12.1. The molecule has 2 N–H and O–H groups in total. The molecule has 0 aromatic heterocycles. The Labute approximate surface area is 163 Å². The lowest BCUT2D eigenvalue weighted by molar-refractivity contribution is 0.265. The van der Waals surface area contributed by atoms with E-state index in [9.17, 15) is 8.42 Å². The first-order valence-corrected chi connectivity index (χ1v) is 10.8. The van der Waals surface area contributed by atoms with Crippen LogP contribution in [0.15, 0.2) is 34.2 Å². The Kier molecular flexibility index (Phi) is 7.25. The molecule has 1 aromatic rings. The highest BCUT2D eigenvalue weighted by atomic mass is 32.2. The number of sulfonamides is 1. The molecule has 2 unspecified atom stereocenters. The van der Waals surface area contributed by atoms with Crippen LogP contribution in [0.4, 0.5) is 0 Å². The first-order chi connectivity index (χ1) is 12.6. The van der Waals surface area contributed by atoms with Gasteiger partial charge in [0.1, 0.15) is 0 Å². The van der Waals surface area contributed by atoms with Crippen molar-refractivity contribution in [1.82, 2.24) is 19.8 Å². The highest BCUT2D eigenvalue weighted by Gasteiger charge is 2.31. The number of nitrogens with zero attached hydrogens (tertiary/aromatic N) is 3. The molecule has 0 aliphatic carbocycles. The van der Waals surface area contributed by atoms with Crippen LogP contribution >= 0.6 is 0 Å². The van der Waals surface area contributed by atoms with Gasteiger partial charge in [-0.25, -0.2) is 12.7 Å². The molecule has 1 fully saturated rings. The van der Waals surface area contributed by atoms with Crippen LogP contribution in [0, 0.1) is 5.92 Å². The van der Waals surface area contributed by atoms with Crippen molar-refractivity contribution < 1.29 is 8.42 Å². The fourth-order valence-electron chi connectivity index (χ4n) is 3.16. The second-order valence-corrected chi connectivity index (χ2v) is 9.78. The largest absolute Gasteiger partial charge is 0.352 e. The van der Waals surface area contributed by atoms with Crippen LogP contribution in [0.1, 0.15) is 26.3 Å². The highest BCUT2D eigenvalue weighted by Crippen LogP contribution is 2.18. The number of hydrogen-bond acceptors (Lipinski definition) is 4. The summed E-state index contributed by atoms with van der Waals surface area (Å²) in [5, 5.41) is 6.83. The molecular weight excluding hydrogens is 362 g/mol. The number of benzene rings is 1. The number of likely N-dealkylation sites (tertiary alicyclic amines) is 1. The maximum Gasteiger partial charge on any atom is 0.242 e. The Morgan fingerprint density at radius 3 is 2.37 bits per heavy atom. The second kappa shape index (κ2) is 9.03. The van der Waals surface area contributed by atoms with Crippen LogP contribution in [0.25, 0.3) is 0 Å². The molecule has 8 heteroatoms. The van der Waals surface area contributed by atoms with E-state index in [1.807, 2.05) is 12.1 Å². The Bertz CT molecular complexity index is 744. The average Bonchev–Trinajstić information content (AvgIpc) is 2.99. The zero-order valence-electron chi connectivity index (χ0n) is 17.2. The van der Waals surface area contributed by atoms with Crippen LogP contribution in [0.2, 0.25) is 0 Å². The highest BCUT2D eigenvalue weighted by molar-refractivity contribution is 7.89. The van der Waals surface area contributed by atoms with Crippen molar-refractivity contribution in [3.63, 3.8) is 0 Å². The molecular formula is C19H33N5O2S. The molecule has 1 saturated heterocycles. The minimum Gasteiger partial charge on any atom is -0.352 e. The number of hydrogen-bond donors (Lipinski definition) is 2. The monoisotopic (exact) mass is 395 g/mol. The molecule has 0 radical (unpaired) electrons. The van der Waals surface area contributed by atoms with E-state index >= 15 is 0 Å². The minimum atomic E-state index is -3.39. The SMILES string of the molecule is CN=C(NCc1ccc(S(=O)(=O)N(C)C)cc1)NC1CN(C(C)C)CC1C. The van der Waals surface area contributed by atoms with Gasteiger partial charge in [0.2, 0.25) is 10.0 Å². The second-order valence-electron chi connectivity index (χ2n) is 7.63. The number of aliphatic imine (C=N–C) groups is 1. The lowest BCUT2D eigenvalue weighted by Gasteiger charge is -2.22. The molecule has 1 aliphatic rings.